The van der Waals surface area contributed by atoms with Gasteiger partial charge in [0.2, 0.25) is 10.0 Å². The zero-order chi connectivity index (χ0) is 18.9. The summed E-state index contributed by atoms with van der Waals surface area (Å²) in [5.74, 6) is -0.910. The first-order valence-corrected chi connectivity index (χ1v) is 9.94. The van der Waals surface area contributed by atoms with Gasteiger partial charge in [0.15, 0.2) is 0 Å². The Morgan fingerprint density at radius 2 is 1.85 bits per heavy atom. The second kappa shape index (κ2) is 7.07. The largest absolute Gasteiger partial charge is 0.384 e. The number of imide groups is 1. The molecular weight excluding hydrogens is 358 g/mol. The van der Waals surface area contributed by atoms with E-state index in [0.717, 1.165) is 30.8 Å². The number of ether oxygens (including phenoxy) is 1. The zero-order valence-corrected chi connectivity index (χ0v) is 15.7. The Kier molecular flexibility index (Phi) is 5.16. The van der Waals surface area contributed by atoms with Gasteiger partial charge in [0.1, 0.15) is 0 Å². The number of carbonyl (C=O) groups excluding carboxylic acids is 2. The van der Waals surface area contributed by atoms with E-state index in [-0.39, 0.29) is 28.0 Å². The topological polar surface area (TPSA) is 105 Å². The lowest BCUT2D eigenvalue weighted by Crippen LogP contribution is -2.47. The second-order valence-corrected chi connectivity index (χ2v) is 8.65. The Morgan fingerprint density at radius 3 is 2.50 bits per heavy atom. The van der Waals surface area contributed by atoms with Crippen molar-refractivity contribution in [2.75, 3.05) is 40.4 Å². The van der Waals surface area contributed by atoms with Gasteiger partial charge in [-0.1, -0.05) is 0 Å². The highest BCUT2D eigenvalue weighted by Gasteiger charge is 2.36. The van der Waals surface area contributed by atoms with Crippen LogP contribution in [0.4, 0.5) is 0 Å². The standard InChI is InChI=1S/C17H23N3O5S/c1-20-15(21)13-4-3-12(9-14(13)16(20)22)26(23,24)19-10-17(11-25-2)5-7-18-8-6-17/h3-4,9,18-19H,5-8,10-11H2,1-2H3. The van der Waals surface area contributed by atoms with Crippen molar-refractivity contribution in [2.24, 2.45) is 5.41 Å². The maximum atomic E-state index is 12.7. The first-order chi connectivity index (χ1) is 12.3. The predicted octanol–water partition coefficient (Wildman–Crippen LogP) is 0.207. The molecule has 0 saturated carbocycles. The lowest BCUT2D eigenvalue weighted by molar-refractivity contribution is 0.0577. The molecule has 2 aliphatic rings. The van der Waals surface area contributed by atoms with Crippen LogP contribution in [0.1, 0.15) is 33.6 Å². The SMILES string of the molecule is COCC1(CNS(=O)(=O)c2ccc3c(c2)C(=O)N(C)C3=O)CCNCC1. The molecule has 2 N–H and O–H groups in total. The Morgan fingerprint density at radius 1 is 1.19 bits per heavy atom. The Labute approximate surface area is 152 Å². The highest BCUT2D eigenvalue weighted by atomic mass is 32.2. The summed E-state index contributed by atoms with van der Waals surface area (Å²) in [6.07, 6.45) is 1.62. The fourth-order valence-electron chi connectivity index (χ4n) is 3.47. The van der Waals surface area contributed by atoms with Gasteiger partial charge in [-0.15, -0.1) is 0 Å². The summed E-state index contributed by atoms with van der Waals surface area (Å²) in [4.78, 5) is 25.0. The Hall–Kier alpha value is -1.81. The molecule has 1 aromatic carbocycles. The molecule has 0 bridgehead atoms. The van der Waals surface area contributed by atoms with Crippen molar-refractivity contribution in [1.82, 2.24) is 14.9 Å². The number of sulfonamides is 1. The number of fused-ring (bicyclic) bond motifs is 1. The average molecular weight is 381 g/mol. The maximum Gasteiger partial charge on any atom is 0.261 e. The van der Waals surface area contributed by atoms with Crippen molar-refractivity contribution in [3.05, 3.63) is 29.3 Å². The van der Waals surface area contributed by atoms with Gasteiger partial charge in [-0.05, 0) is 44.1 Å². The van der Waals surface area contributed by atoms with E-state index in [4.69, 9.17) is 4.74 Å². The number of benzene rings is 1. The third-order valence-electron chi connectivity index (χ3n) is 5.12. The number of methoxy groups -OCH3 is 1. The molecule has 9 heteroatoms. The van der Waals surface area contributed by atoms with Gasteiger partial charge >= 0.3 is 0 Å². The minimum Gasteiger partial charge on any atom is -0.384 e. The smallest absolute Gasteiger partial charge is 0.261 e. The fourth-order valence-corrected chi connectivity index (χ4v) is 4.66. The van der Waals surface area contributed by atoms with Crippen molar-refractivity contribution in [3.63, 3.8) is 0 Å². The lowest BCUT2D eigenvalue weighted by atomic mass is 9.80. The molecule has 8 nitrogen and oxygen atoms in total. The molecule has 3 rings (SSSR count). The molecule has 0 spiro atoms. The van der Waals surface area contributed by atoms with Crippen LogP contribution in [-0.2, 0) is 14.8 Å². The van der Waals surface area contributed by atoms with E-state index in [2.05, 4.69) is 10.0 Å². The monoisotopic (exact) mass is 381 g/mol. The Bertz CT molecular complexity index is 825. The van der Waals surface area contributed by atoms with Crippen LogP contribution in [0.15, 0.2) is 23.1 Å². The molecule has 2 amide bonds. The third kappa shape index (κ3) is 3.39. The first-order valence-electron chi connectivity index (χ1n) is 8.45. The number of rotatable bonds is 6. The minimum absolute atomic E-state index is 0.0193. The number of carbonyl (C=O) groups is 2. The van der Waals surface area contributed by atoms with Gasteiger partial charge in [0, 0.05) is 26.1 Å². The molecule has 26 heavy (non-hydrogen) atoms. The molecule has 0 radical (unpaired) electrons. The lowest BCUT2D eigenvalue weighted by Gasteiger charge is -2.37. The Balaban J connectivity index is 1.81. The van der Waals surface area contributed by atoms with E-state index in [0.29, 0.717) is 6.61 Å². The van der Waals surface area contributed by atoms with Crippen LogP contribution in [0.3, 0.4) is 0 Å². The minimum atomic E-state index is -3.80. The van der Waals surface area contributed by atoms with Crippen LogP contribution in [0, 0.1) is 5.41 Å². The van der Waals surface area contributed by atoms with Gasteiger partial charge in [0.25, 0.3) is 11.8 Å². The van der Waals surface area contributed by atoms with Crippen LogP contribution < -0.4 is 10.0 Å². The van der Waals surface area contributed by atoms with Gasteiger partial charge in [-0.25, -0.2) is 13.1 Å². The quantitative estimate of drug-likeness (QED) is 0.683. The first kappa shape index (κ1) is 19.0. The van der Waals surface area contributed by atoms with Crippen molar-refractivity contribution >= 4 is 21.8 Å². The van der Waals surface area contributed by atoms with E-state index in [9.17, 15) is 18.0 Å². The number of amides is 2. The van der Waals surface area contributed by atoms with Crippen LogP contribution >= 0.6 is 0 Å². The fraction of sp³-hybridized carbons (Fsp3) is 0.529. The molecular formula is C17H23N3O5S. The van der Waals surface area contributed by atoms with Crippen LogP contribution in [0.25, 0.3) is 0 Å². The number of nitrogens with one attached hydrogen (secondary N) is 2. The van der Waals surface area contributed by atoms with Crippen LogP contribution in [0.2, 0.25) is 0 Å². The van der Waals surface area contributed by atoms with E-state index < -0.39 is 21.8 Å². The van der Waals surface area contributed by atoms with E-state index in [1.807, 2.05) is 0 Å². The molecule has 0 aliphatic carbocycles. The zero-order valence-electron chi connectivity index (χ0n) is 14.9. The van der Waals surface area contributed by atoms with E-state index in [1.165, 1.54) is 25.2 Å². The molecule has 0 atom stereocenters. The number of nitrogens with zero attached hydrogens (tertiary/aromatic N) is 1. The van der Waals surface area contributed by atoms with Gasteiger partial charge < -0.3 is 10.1 Å². The molecule has 2 heterocycles. The number of hydrogen-bond acceptors (Lipinski definition) is 6. The summed E-state index contributed by atoms with van der Waals surface area (Å²) < 4.78 is 33.4. The second-order valence-electron chi connectivity index (χ2n) is 6.88. The number of hydrogen-bond donors (Lipinski definition) is 2. The third-order valence-corrected chi connectivity index (χ3v) is 6.52. The van der Waals surface area contributed by atoms with Crippen molar-refractivity contribution < 1.29 is 22.7 Å². The summed E-state index contributed by atoms with van der Waals surface area (Å²) in [5.41, 5.74) is 0.0926. The van der Waals surface area contributed by atoms with Crippen molar-refractivity contribution in [2.45, 2.75) is 17.7 Å². The maximum absolute atomic E-state index is 12.7. The molecule has 1 saturated heterocycles. The van der Waals surface area contributed by atoms with Gasteiger partial charge in [-0.2, -0.15) is 0 Å². The van der Waals surface area contributed by atoms with E-state index in [1.54, 1.807) is 7.11 Å². The molecule has 142 valence electrons. The highest BCUT2D eigenvalue weighted by molar-refractivity contribution is 7.89. The highest BCUT2D eigenvalue weighted by Crippen LogP contribution is 2.29. The number of piperidine rings is 1. The predicted molar refractivity (Wildman–Crippen MR) is 94.5 cm³/mol. The molecule has 1 aromatic rings. The summed E-state index contributed by atoms with van der Waals surface area (Å²) >= 11 is 0. The van der Waals surface area contributed by atoms with Crippen molar-refractivity contribution in [3.8, 4) is 0 Å². The van der Waals surface area contributed by atoms with Crippen molar-refractivity contribution in [1.29, 1.82) is 0 Å². The van der Waals surface area contributed by atoms with Crippen LogP contribution in [0.5, 0.6) is 0 Å². The van der Waals surface area contributed by atoms with Gasteiger partial charge in [-0.3, -0.25) is 14.5 Å². The average Bonchev–Trinajstić information content (AvgIpc) is 2.85. The summed E-state index contributed by atoms with van der Waals surface area (Å²) in [6.45, 7) is 2.35. The van der Waals surface area contributed by atoms with Gasteiger partial charge in [0.05, 0.1) is 22.6 Å². The molecule has 1 fully saturated rings. The molecule has 0 unspecified atom stereocenters. The normalized spacial score (nSPS) is 19.7. The van der Waals surface area contributed by atoms with Crippen LogP contribution in [-0.4, -0.2) is 65.5 Å². The molecule has 2 aliphatic heterocycles. The summed E-state index contributed by atoms with van der Waals surface area (Å²) in [6, 6.07) is 4.02. The summed E-state index contributed by atoms with van der Waals surface area (Å²) in [7, 11) is -0.817. The summed E-state index contributed by atoms with van der Waals surface area (Å²) in [5, 5.41) is 3.26. The van der Waals surface area contributed by atoms with E-state index >= 15 is 0 Å². The molecule has 0 aromatic heterocycles.